The standard InChI is InChI=1S/C12H16BrClFNO/c1-2-3-5-17-6-4-16-12-10(13)7-9(15)8-11(12)14/h7-8,16H,2-6H2,1H3. The molecule has 0 heterocycles. The van der Waals surface area contributed by atoms with Crippen LogP contribution in [0.25, 0.3) is 0 Å². The van der Waals surface area contributed by atoms with Gasteiger partial charge >= 0.3 is 0 Å². The monoisotopic (exact) mass is 323 g/mol. The van der Waals surface area contributed by atoms with Crippen molar-refractivity contribution in [1.29, 1.82) is 0 Å². The zero-order chi connectivity index (χ0) is 12.7. The lowest BCUT2D eigenvalue weighted by Gasteiger charge is -2.11. The molecule has 1 aromatic rings. The molecule has 17 heavy (non-hydrogen) atoms. The Labute approximate surface area is 115 Å². The Morgan fingerprint density at radius 3 is 2.82 bits per heavy atom. The van der Waals surface area contributed by atoms with Crippen LogP contribution in [-0.2, 0) is 4.74 Å². The van der Waals surface area contributed by atoms with Crippen LogP contribution in [0, 0.1) is 5.82 Å². The zero-order valence-electron chi connectivity index (χ0n) is 9.73. The molecule has 2 nitrogen and oxygen atoms in total. The molecule has 0 saturated heterocycles. The minimum absolute atomic E-state index is 0.355. The number of hydrogen-bond donors (Lipinski definition) is 1. The van der Waals surface area contributed by atoms with E-state index in [1.165, 1.54) is 12.1 Å². The van der Waals surface area contributed by atoms with E-state index in [9.17, 15) is 4.39 Å². The number of ether oxygens (including phenoxy) is 1. The minimum atomic E-state index is -0.355. The van der Waals surface area contributed by atoms with Crippen LogP contribution in [0.1, 0.15) is 19.8 Å². The van der Waals surface area contributed by atoms with E-state index in [1.54, 1.807) is 0 Å². The molecule has 1 N–H and O–H groups in total. The van der Waals surface area contributed by atoms with Crippen LogP contribution >= 0.6 is 27.5 Å². The fourth-order valence-corrected chi connectivity index (χ4v) is 2.27. The predicted molar refractivity (Wildman–Crippen MR) is 73.3 cm³/mol. The number of anilines is 1. The SMILES string of the molecule is CCCCOCCNc1c(Cl)cc(F)cc1Br. The van der Waals surface area contributed by atoms with Crippen LogP contribution in [0.3, 0.4) is 0 Å². The number of unbranched alkanes of at least 4 members (excludes halogenated alkanes) is 1. The van der Waals surface area contributed by atoms with Crippen molar-refractivity contribution >= 4 is 33.2 Å². The molecule has 0 aliphatic heterocycles. The van der Waals surface area contributed by atoms with E-state index >= 15 is 0 Å². The molecule has 0 unspecified atom stereocenters. The number of nitrogens with one attached hydrogen (secondary N) is 1. The topological polar surface area (TPSA) is 21.3 Å². The normalized spacial score (nSPS) is 10.6. The first kappa shape index (κ1) is 14.7. The highest BCUT2D eigenvalue weighted by Gasteiger charge is 2.07. The van der Waals surface area contributed by atoms with E-state index in [2.05, 4.69) is 28.2 Å². The lowest BCUT2D eigenvalue weighted by atomic mass is 10.3. The average molecular weight is 325 g/mol. The summed E-state index contributed by atoms with van der Waals surface area (Å²) < 4.78 is 19.0. The molecular weight excluding hydrogens is 308 g/mol. The Kier molecular flexibility index (Phi) is 6.85. The quantitative estimate of drug-likeness (QED) is 0.747. The van der Waals surface area contributed by atoms with Crippen molar-refractivity contribution in [2.45, 2.75) is 19.8 Å². The van der Waals surface area contributed by atoms with Gasteiger partial charge in [0.1, 0.15) is 5.82 Å². The van der Waals surface area contributed by atoms with Crippen molar-refractivity contribution in [2.75, 3.05) is 25.1 Å². The fraction of sp³-hybridized carbons (Fsp3) is 0.500. The Balaban J connectivity index is 2.36. The third kappa shape index (κ3) is 5.23. The van der Waals surface area contributed by atoms with Crippen LogP contribution in [0.15, 0.2) is 16.6 Å². The first-order chi connectivity index (χ1) is 8.15. The molecule has 0 saturated carbocycles. The summed E-state index contributed by atoms with van der Waals surface area (Å²) in [6.45, 7) is 4.15. The third-order valence-electron chi connectivity index (χ3n) is 2.20. The van der Waals surface area contributed by atoms with Gasteiger partial charge in [0.2, 0.25) is 0 Å². The first-order valence-electron chi connectivity index (χ1n) is 5.61. The molecule has 0 aliphatic carbocycles. The highest BCUT2D eigenvalue weighted by Crippen LogP contribution is 2.31. The van der Waals surface area contributed by atoms with E-state index in [-0.39, 0.29) is 5.82 Å². The minimum Gasteiger partial charge on any atom is -0.381 e. The summed E-state index contributed by atoms with van der Waals surface area (Å²) in [6, 6.07) is 2.67. The van der Waals surface area contributed by atoms with Crippen molar-refractivity contribution in [3.63, 3.8) is 0 Å². The molecule has 0 atom stereocenters. The van der Waals surface area contributed by atoms with Gasteiger partial charge in [0.15, 0.2) is 0 Å². The van der Waals surface area contributed by atoms with Gasteiger partial charge in [-0.15, -0.1) is 0 Å². The second-order valence-electron chi connectivity index (χ2n) is 3.64. The van der Waals surface area contributed by atoms with E-state index in [1.807, 2.05) is 0 Å². The molecule has 0 spiro atoms. The molecule has 1 aromatic carbocycles. The lowest BCUT2D eigenvalue weighted by Crippen LogP contribution is -2.10. The van der Waals surface area contributed by atoms with Gasteiger partial charge in [0.25, 0.3) is 0 Å². The second kappa shape index (κ2) is 7.90. The molecule has 0 aliphatic rings. The molecule has 5 heteroatoms. The highest BCUT2D eigenvalue weighted by atomic mass is 79.9. The molecule has 1 rings (SSSR count). The Bertz CT molecular complexity index is 339. The Hall–Kier alpha value is -0.320. The van der Waals surface area contributed by atoms with Gasteiger partial charge in [-0.05, 0) is 34.5 Å². The maximum Gasteiger partial charge on any atom is 0.125 e. The summed E-state index contributed by atoms with van der Waals surface area (Å²) in [6.07, 6.45) is 2.20. The van der Waals surface area contributed by atoms with Crippen molar-refractivity contribution in [3.8, 4) is 0 Å². The Morgan fingerprint density at radius 2 is 2.18 bits per heavy atom. The highest BCUT2D eigenvalue weighted by molar-refractivity contribution is 9.10. The zero-order valence-corrected chi connectivity index (χ0v) is 12.1. The van der Waals surface area contributed by atoms with Gasteiger partial charge in [0.05, 0.1) is 17.3 Å². The van der Waals surface area contributed by atoms with Crippen LogP contribution in [-0.4, -0.2) is 19.8 Å². The summed E-state index contributed by atoms with van der Waals surface area (Å²) in [5.41, 5.74) is 0.701. The molecule has 0 amide bonds. The summed E-state index contributed by atoms with van der Waals surface area (Å²) in [7, 11) is 0. The van der Waals surface area contributed by atoms with Crippen molar-refractivity contribution in [1.82, 2.24) is 0 Å². The van der Waals surface area contributed by atoms with E-state index in [0.717, 1.165) is 19.4 Å². The Morgan fingerprint density at radius 1 is 1.41 bits per heavy atom. The van der Waals surface area contributed by atoms with Crippen LogP contribution in [0.5, 0.6) is 0 Å². The van der Waals surface area contributed by atoms with Gasteiger partial charge in [-0.2, -0.15) is 0 Å². The first-order valence-corrected chi connectivity index (χ1v) is 6.78. The van der Waals surface area contributed by atoms with Crippen molar-refractivity contribution < 1.29 is 9.13 Å². The van der Waals surface area contributed by atoms with Crippen molar-refractivity contribution in [3.05, 3.63) is 27.4 Å². The average Bonchev–Trinajstić information content (AvgIpc) is 2.26. The molecule has 0 fully saturated rings. The van der Waals surface area contributed by atoms with Gasteiger partial charge in [-0.25, -0.2) is 4.39 Å². The summed E-state index contributed by atoms with van der Waals surface area (Å²) in [5, 5.41) is 3.48. The summed E-state index contributed by atoms with van der Waals surface area (Å²) in [4.78, 5) is 0. The summed E-state index contributed by atoms with van der Waals surface area (Å²) in [5.74, 6) is -0.355. The van der Waals surface area contributed by atoms with E-state index < -0.39 is 0 Å². The second-order valence-corrected chi connectivity index (χ2v) is 4.90. The molecular formula is C12H16BrClFNO. The van der Waals surface area contributed by atoms with Gasteiger partial charge in [-0.3, -0.25) is 0 Å². The maximum atomic E-state index is 13.0. The maximum absolute atomic E-state index is 13.0. The molecule has 96 valence electrons. The molecule has 0 aromatic heterocycles. The molecule has 0 radical (unpaired) electrons. The third-order valence-corrected chi connectivity index (χ3v) is 3.12. The number of hydrogen-bond acceptors (Lipinski definition) is 2. The fourth-order valence-electron chi connectivity index (χ4n) is 1.31. The summed E-state index contributed by atoms with van der Waals surface area (Å²) >= 11 is 9.19. The predicted octanol–water partition coefficient (Wildman–Crippen LogP) is 4.47. The largest absolute Gasteiger partial charge is 0.381 e. The van der Waals surface area contributed by atoms with Gasteiger partial charge in [0, 0.05) is 17.6 Å². The van der Waals surface area contributed by atoms with Crippen LogP contribution in [0.4, 0.5) is 10.1 Å². The number of halogens is 3. The van der Waals surface area contributed by atoms with E-state index in [4.69, 9.17) is 16.3 Å². The van der Waals surface area contributed by atoms with E-state index in [0.29, 0.717) is 28.3 Å². The van der Waals surface area contributed by atoms with Gasteiger partial charge < -0.3 is 10.1 Å². The number of rotatable bonds is 7. The van der Waals surface area contributed by atoms with Crippen molar-refractivity contribution in [2.24, 2.45) is 0 Å². The lowest BCUT2D eigenvalue weighted by molar-refractivity contribution is 0.141. The van der Waals surface area contributed by atoms with Crippen LogP contribution in [0.2, 0.25) is 5.02 Å². The molecule has 0 bridgehead atoms. The smallest absolute Gasteiger partial charge is 0.125 e. The van der Waals surface area contributed by atoms with Gasteiger partial charge in [-0.1, -0.05) is 24.9 Å². The number of benzene rings is 1. The van der Waals surface area contributed by atoms with Crippen LogP contribution < -0.4 is 5.32 Å².